The quantitative estimate of drug-likeness (QED) is 0.855. The molecule has 90 valence electrons. The first-order chi connectivity index (χ1) is 7.93. The third kappa shape index (κ3) is 2.14. The van der Waals surface area contributed by atoms with Crippen molar-refractivity contribution in [2.75, 3.05) is 0 Å². The van der Waals surface area contributed by atoms with Crippen LogP contribution in [0, 0.1) is 13.8 Å². The van der Waals surface area contributed by atoms with Crippen LogP contribution in [0.25, 0.3) is 0 Å². The Morgan fingerprint density at radius 3 is 2.47 bits per heavy atom. The zero-order valence-corrected chi connectivity index (χ0v) is 11.8. The van der Waals surface area contributed by atoms with Gasteiger partial charge in [-0.05, 0) is 59.1 Å². The molecule has 0 unspecified atom stereocenters. The highest BCUT2D eigenvalue weighted by Gasteiger charge is 2.20. The molecule has 0 aliphatic carbocycles. The lowest BCUT2D eigenvalue weighted by molar-refractivity contribution is 0.579. The van der Waals surface area contributed by atoms with Crippen molar-refractivity contribution in [2.45, 2.75) is 18.7 Å². The Bertz CT molecular complexity index is 648. The molecule has 0 saturated heterocycles. The molecule has 0 aliphatic heterocycles. The van der Waals surface area contributed by atoms with E-state index in [1.54, 1.807) is 18.2 Å². The Kier molecular flexibility index (Phi) is 3.09. The molecule has 0 spiro atoms. The van der Waals surface area contributed by atoms with Crippen molar-refractivity contribution in [1.82, 2.24) is 9.19 Å². The highest BCUT2D eigenvalue weighted by molar-refractivity contribution is 9.10. The summed E-state index contributed by atoms with van der Waals surface area (Å²) in [4.78, 5) is 0.226. The minimum Gasteiger partial charge on any atom is -0.199 e. The first kappa shape index (κ1) is 12.3. The largest absolute Gasteiger partial charge is 0.284 e. The smallest absolute Gasteiger partial charge is 0.199 e. The van der Waals surface area contributed by atoms with E-state index in [2.05, 4.69) is 21.0 Å². The monoisotopic (exact) mass is 314 g/mol. The van der Waals surface area contributed by atoms with Crippen LogP contribution in [0.4, 0.5) is 0 Å². The molecule has 2 rings (SSSR count). The minimum atomic E-state index is -3.61. The standard InChI is InChI=1S/C11H11BrN2O2S/c1-8-6-10(12)11(7-9(8)2)17(15,16)14-5-3-4-13-14/h3-7H,1-2H3. The van der Waals surface area contributed by atoms with E-state index in [9.17, 15) is 8.42 Å². The van der Waals surface area contributed by atoms with Gasteiger partial charge in [-0.3, -0.25) is 0 Å². The van der Waals surface area contributed by atoms with E-state index < -0.39 is 10.0 Å². The number of benzene rings is 1. The normalized spacial score (nSPS) is 11.7. The van der Waals surface area contributed by atoms with E-state index in [0.29, 0.717) is 4.47 Å². The van der Waals surface area contributed by atoms with Gasteiger partial charge in [0.15, 0.2) is 0 Å². The zero-order chi connectivity index (χ0) is 12.6. The number of nitrogens with zero attached hydrogens (tertiary/aromatic N) is 2. The van der Waals surface area contributed by atoms with E-state index >= 15 is 0 Å². The molecule has 0 aliphatic rings. The Labute approximate surface area is 108 Å². The third-order valence-electron chi connectivity index (χ3n) is 2.55. The summed E-state index contributed by atoms with van der Waals surface area (Å²) < 4.78 is 26.0. The molecule has 0 radical (unpaired) electrons. The van der Waals surface area contributed by atoms with Gasteiger partial charge in [0.2, 0.25) is 0 Å². The van der Waals surface area contributed by atoms with Crippen molar-refractivity contribution in [2.24, 2.45) is 0 Å². The molecule has 0 fully saturated rings. The molecular weight excluding hydrogens is 304 g/mol. The van der Waals surface area contributed by atoms with Crippen LogP contribution >= 0.6 is 15.9 Å². The Morgan fingerprint density at radius 2 is 1.88 bits per heavy atom. The molecule has 0 saturated carbocycles. The first-order valence-corrected chi connectivity index (χ1v) is 7.18. The molecule has 1 aromatic carbocycles. The molecule has 17 heavy (non-hydrogen) atoms. The van der Waals surface area contributed by atoms with Gasteiger partial charge >= 0.3 is 0 Å². The molecule has 0 bridgehead atoms. The maximum absolute atomic E-state index is 12.2. The average Bonchev–Trinajstić information content (AvgIpc) is 2.77. The van der Waals surface area contributed by atoms with Crippen molar-refractivity contribution in [3.63, 3.8) is 0 Å². The van der Waals surface area contributed by atoms with Crippen LogP contribution in [0.1, 0.15) is 11.1 Å². The summed E-state index contributed by atoms with van der Waals surface area (Å²) >= 11 is 3.28. The van der Waals surface area contributed by atoms with Crippen LogP contribution in [-0.2, 0) is 10.0 Å². The van der Waals surface area contributed by atoms with Crippen LogP contribution in [0.3, 0.4) is 0 Å². The Balaban J connectivity index is 2.67. The van der Waals surface area contributed by atoms with E-state index in [-0.39, 0.29) is 4.90 Å². The molecule has 2 aromatic rings. The number of aromatic nitrogens is 2. The fourth-order valence-corrected chi connectivity index (χ4v) is 3.76. The lowest BCUT2D eigenvalue weighted by atomic mass is 10.1. The van der Waals surface area contributed by atoms with Gasteiger partial charge in [-0.15, -0.1) is 0 Å². The number of rotatable bonds is 2. The molecule has 4 nitrogen and oxygen atoms in total. The SMILES string of the molecule is Cc1cc(Br)c(S(=O)(=O)n2cccn2)cc1C. The third-order valence-corrected chi connectivity index (χ3v) is 5.07. The second-order valence-electron chi connectivity index (χ2n) is 3.75. The topological polar surface area (TPSA) is 52.0 Å². The number of halogens is 1. The number of hydrogen-bond donors (Lipinski definition) is 0. The molecule has 0 atom stereocenters. The van der Waals surface area contributed by atoms with Gasteiger partial charge in [0.05, 0.1) is 6.20 Å². The molecule has 1 aromatic heterocycles. The van der Waals surface area contributed by atoms with Gasteiger partial charge in [0.25, 0.3) is 10.0 Å². The van der Waals surface area contributed by atoms with Gasteiger partial charge in [0.1, 0.15) is 4.90 Å². The van der Waals surface area contributed by atoms with Crippen molar-refractivity contribution in [3.8, 4) is 0 Å². The van der Waals surface area contributed by atoms with Crippen molar-refractivity contribution >= 4 is 26.0 Å². The predicted octanol–water partition coefficient (Wildman–Crippen LogP) is 2.50. The van der Waals surface area contributed by atoms with Crippen molar-refractivity contribution < 1.29 is 8.42 Å². The van der Waals surface area contributed by atoms with E-state index in [1.807, 2.05) is 13.8 Å². The summed E-state index contributed by atoms with van der Waals surface area (Å²) in [6.45, 7) is 3.81. The summed E-state index contributed by atoms with van der Waals surface area (Å²) in [6, 6.07) is 5.02. The van der Waals surface area contributed by atoms with Crippen LogP contribution in [0.2, 0.25) is 0 Å². The summed E-state index contributed by atoms with van der Waals surface area (Å²) in [7, 11) is -3.61. The van der Waals surface area contributed by atoms with Crippen LogP contribution < -0.4 is 0 Å². The van der Waals surface area contributed by atoms with Gasteiger partial charge in [-0.25, -0.2) is 0 Å². The van der Waals surface area contributed by atoms with Crippen molar-refractivity contribution in [1.29, 1.82) is 0 Å². The second-order valence-corrected chi connectivity index (χ2v) is 6.37. The molecule has 0 amide bonds. The maximum Gasteiger partial charge on any atom is 0.284 e. The van der Waals surface area contributed by atoms with Crippen LogP contribution in [0.15, 0.2) is 40.0 Å². The molecule has 1 heterocycles. The van der Waals surface area contributed by atoms with Crippen LogP contribution in [-0.4, -0.2) is 17.6 Å². The summed E-state index contributed by atoms with van der Waals surface area (Å²) in [5.74, 6) is 0. The van der Waals surface area contributed by atoms with Gasteiger partial charge in [-0.1, -0.05) is 0 Å². The van der Waals surface area contributed by atoms with Gasteiger partial charge < -0.3 is 0 Å². The van der Waals surface area contributed by atoms with E-state index in [0.717, 1.165) is 15.2 Å². The van der Waals surface area contributed by atoms with Crippen molar-refractivity contribution in [3.05, 3.63) is 46.2 Å². The predicted molar refractivity (Wildman–Crippen MR) is 68.4 cm³/mol. The Morgan fingerprint density at radius 1 is 1.24 bits per heavy atom. The first-order valence-electron chi connectivity index (χ1n) is 4.95. The van der Waals surface area contributed by atoms with Gasteiger partial charge in [-0.2, -0.15) is 17.6 Å². The molecule has 6 heteroatoms. The summed E-state index contributed by atoms with van der Waals surface area (Å²) in [6.07, 6.45) is 2.85. The number of aryl methyl sites for hydroxylation is 2. The highest BCUT2D eigenvalue weighted by Crippen LogP contribution is 2.26. The summed E-state index contributed by atoms with van der Waals surface area (Å²) in [5, 5.41) is 3.77. The highest BCUT2D eigenvalue weighted by atomic mass is 79.9. The molecule has 0 N–H and O–H groups in total. The lowest BCUT2D eigenvalue weighted by Crippen LogP contribution is -2.14. The van der Waals surface area contributed by atoms with E-state index in [4.69, 9.17) is 0 Å². The lowest BCUT2D eigenvalue weighted by Gasteiger charge is -2.09. The second kappa shape index (κ2) is 4.27. The minimum absolute atomic E-state index is 0.226. The fraction of sp³-hybridized carbons (Fsp3) is 0.182. The zero-order valence-electron chi connectivity index (χ0n) is 9.38. The Hall–Kier alpha value is -1.14. The van der Waals surface area contributed by atoms with Crippen LogP contribution in [0.5, 0.6) is 0 Å². The van der Waals surface area contributed by atoms with E-state index in [1.165, 1.54) is 12.4 Å². The fourth-order valence-electron chi connectivity index (χ4n) is 1.45. The summed E-state index contributed by atoms with van der Waals surface area (Å²) in [5.41, 5.74) is 1.97. The molecular formula is C11H11BrN2O2S. The maximum atomic E-state index is 12.2. The number of hydrogen-bond acceptors (Lipinski definition) is 3. The average molecular weight is 315 g/mol. The van der Waals surface area contributed by atoms with Gasteiger partial charge in [0, 0.05) is 10.7 Å².